The van der Waals surface area contributed by atoms with E-state index in [1.807, 2.05) is 0 Å². The molecule has 0 amide bonds. The van der Waals surface area contributed by atoms with E-state index >= 15 is 0 Å². The largest absolute Gasteiger partial charge is 0.324 e. The number of rotatable bonds is 2. The number of benzene rings is 1. The van der Waals surface area contributed by atoms with Gasteiger partial charge in [-0.15, -0.1) is 0 Å². The van der Waals surface area contributed by atoms with Gasteiger partial charge in [-0.3, -0.25) is 0 Å². The predicted molar refractivity (Wildman–Crippen MR) is 55.2 cm³/mol. The van der Waals surface area contributed by atoms with Gasteiger partial charge in [0.25, 0.3) is 0 Å². The number of nitrogens with two attached hydrogens (primary N) is 1. The summed E-state index contributed by atoms with van der Waals surface area (Å²) in [6.45, 7) is 0. The Bertz CT molecular complexity index is 401. The summed E-state index contributed by atoms with van der Waals surface area (Å²) in [5.41, 5.74) is 5.07. The van der Waals surface area contributed by atoms with E-state index in [4.69, 9.17) is 5.73 Å². The van der Waals surface area contributed by atoms with E-state index in [-0.39, 0.29) is 12.0 Å². The maximum atomic E-state index is 13.5. The van der Waals surface area contributed by atoms with Crippen molar-refractivity contribution in [2.45, 2.75) is 31.7 Å². The molecule has 1 aliphatic carbocycles. The van der Waals surface area contributed by atoms with Gasteiger partial charge in [0.1, 0.15) is 0 Å². The molecule has 0 saturated heterocycles. The molecule has 0 unspecified atom stereocenters. The summed E-state index contributed by atoms with van der Waals surface area (Å²) >= 11 is 0. The Morgan fingerprint density at radius 2 is 1.47 bits per heavy atom. The van der Waals surface area contributed by atoms with E-state index < -0.39 is 34.9 Å². The minimum absolute atomic E-state index is 0.111. The van der Waals surface area contributed by atoms with Gasteiger partial charge in [-0.1, -0.05) is 12.8 Å². The standard InChI is InChI=1S/C12H13F4N/c13-7-5-8(14)11(16)9(10(7)15)12(17)6-3-1-2-4-6/h5-6,12H,1-4,17H2/t12-/m0/s1. The van der Waals surface area contributed by atoms with Gasteiger partial charge < -0.3 is 5.73 Å². The molecule has 1 saturated carbocycles. The molecule has 1 atom stereocenters. The molecule has 0 radical (unpaired) electrons. The van der Waals surface area contributed by atoms with Crippen LogP contribution >= 0.6 is 0 Å². The van der Waals surface area contributed by atoms with Crippen LogP contribution in [0.3, 0.4) is 0 Å². The normalized spacial score (nSPS) is 18.6. The third-order valence-corrected chi connectivity index (χ3v) is 3.39. The van der Waals surface area contributed by atoms with Crippen LogP contribution in [0.4, 0.5) is 17.6 Å². The first kappa shape index (κ1) is 12.4. The molecule has 2 rings (SSSR count). The molecule has 0 aliphatic heterocycles. The Labute approximate surface area is 96.6 Å². The second-order valence-corrected chi connectivity index (χ2v) is 4.45. The van der Waals surface area contributed by atoms with Crippen molar-refractivity contribution in [3.8, 4) is 0 Å². The average molecular weight is 247 g/mol. The second-order valence-electron chi connectivity index (χ2n) is 4.45. The Morgan fingerprint density at radius 3 is 1.94 bits per heavy atom. The molecular formula is C12H13F4N. The molecular weight excluding hydrogens is 234 g/mol. The quantitative estimate of drug-likeness (QED) is 0.628. The lowest BCUT2D eigenvalue weighted by molar-refractivity contribution is 0.379. The first-order valence-corrected chi connectivity index (χ1v) is 5.61. The molecule has 2 N–H and O–H groups in total. The molecule has 1 aliphatic rings. The maximum absolute atomic E-state index is 13.5. The molecule has 0 bridgehead atoms. The van der Waals surface area contributed by atoms with Crippen LogP contribution in [-0.2, 0) is 0 Å². The molecule has 1 fully saturated rings. The van der Waals surface area contributed by atoms with Gasteiger partial charge in [-0.05, 0) is 18.8 Å². The Kier molecular flexibility index (Phi) is 3.38. The third kappa shape index (κ3) is 2.16. The first-order valence-electron chi connectivity index (χ1n) is 5.61. The molecule has 0 heterocycles. The SMILES string of the molecule is N[C@H](c1c(F)c(F)cc(F)c1F)C1CCCC1. The maximum Gasteiger partial charge on any atom is 0.166 e. The minimum atomic E-state index is -1.40. The van der Waals surface area contributed by atoms with Crippen molar-refractivity contribution in [3.63, 3.8) is 0 Å². The van der Waals surface area contributed by atoms with Gasteiger partial charge in [0.05, 0.1) is 0 Å². The summed E-state index contributed by atoms with van der Waals surface area (Å²) in [5.74, 6) is -5.65. The fourth-order valence-corrected chi connectivity index (χ4v) is 2.44. The van der Waals surface area contributed by atoms with Crippen LogP contribution < -0.4 is 5.73 Å². The van der Waals surface area contributed by atoms with Crippen molar-refractivity contribution in [2.24, 2.45) is 11.7 Å². The lowest BCUT2D eigenvalue weighted by Gasteiger charge is -2.20. The fourth-order valence-electron chi connectivity index (χ4n) is 2.44. The molecule has 1 nitrogen and oxygen atoms in total. The lowest BCUT2D eigenvalue weighted by atomic mass is 9.91. The lowest BCUT2D eigenvalue weighted by Crippen LogP contribution is -2.23. The van der Waals surface area contributed by atoms with Crippen LogP contribution in [0.2, 0.25) is 0 Å². The zero-order chi connectivity index (χ0) is 12.6. The molecule has 1 aromatic carbocycles. The van der Waals surface area contributed by atoms with E-state index in [0.717, 1.165) is 25.7 Å². The van der Waals surface area contributed by atoms with Crippen LogP contribution in [0.5, 0.6) is 0 Å². The summed E-state index contributed by atoms with van der Waals surface area (Å²) in [5, 5.41) is 0. The van der Waals surface area contributed by atoms with Crippen LogP contribution in [-0.4, -0.2) is 0 Å². The third-order valence-electron chi connectivity index (χ3n) is 3.39. The molecule has 94 valence electrons. The van der Waals surface area contributed by atoms with E-state index in [0.29, 0.717) is 0 Å². The monoisotopic (exact) mass is 247 g/mol. The van der Waals surface area contributed by atoms with Crippen molar-refractivity contribution >= 4 is 0 Å². The van der Waals surface area contributed by atoms with Crippen LogP contribution in [0.25, 0.3) is 0 Å². The summed E-state index contributed by atoms with van der Waals surface area (Å²) in [6.07, 6.45) is 3.33. The summed E-state index contributed by atoms with van der Waals surface area (Å²) in [4.78, 5) is 0. The zero-order valence-electron chi connectivity index (χ0n) is 9.15. The van der Waals surface area contributed by atoms with E-state index in [1.54, 1.807) is 0 Å². The first-order chi connectivity index (χ1) is 8.02. The van der Waals surface area contributed by atoms with Gasteiger partial charge >= 0.3 is 0 Å². The van der Waals surface area contributed by atoms with Crippen molar-refractivity contribution in [2.75, 3.05) is 0 Å². The van der Waals surface area contributed by atoms with Gasteiger partial charge in [-0.25, -0.2) is 17.6 Å². The highest BCUT2D eigenvalue weighted by Gasteiger charge is 2.30. The summed E-state index contributed by atoms with van der Waals surface area (Å²) in [7, 11) is 0. The van der Waals surface area contributed by atoms with Gasteiger partial charge in [0.2, 0.25) is 0 Å². The fraction of sp³-hybridized carbons (Fsp3) is 0.500. The van der Waals surface area contributed by atoms with Crippen LogP contribution in [0.15, 0.2) is 6.07 Å². The smallest absolute Gasteiger partial charge is 0.166 e. The molecule has 0 spiro atoms. The molecule has 17 heavy (non-hydrogen) atoms. The molecule has 0 aromatic heterocycles. The predicted octanol–water partition coefficient (Wildman–Crippen LogP) is 3.43. The average Bonchev–Trinajstić information content (AvgIpc) is 2.80. The number of hydrogen-bond acceptors (Lipinski definition) is 1. The van der Waals surface area contributed by atoms with Crippen LogP contribution in [0.1, 0.15) is 37.3 Å². The Morgan fingerprint density at radius 1 is 1.00 bits per heavy atom. The van der Waals surface area contributed by atoms with Crippen molar-refractivity contribution in [3.05, 3.63) is 34.9 Å². The van der Waals surface area contributed by atoms with Crippen molar-refractivity contribution < 1.29 is 17.6 Å². The highest BCUT2D eigenvalue weighted by Crippen LogP contribution is 2.36. The van der Waals surface area contributed by atoms with E-state index in [9.17, 15) is 17.6 Å². The zero-order valence-corrected chi connectivity index (χ0v) is 9.15. The van der Waals surface area contributed by atoms with E-state index in [2.05, 4.69) is 0 Å². The Balaban J connectivity index is 2.42. The number of hydrogen-bond donors (Lipinski definition) is 1. The molecule has 1 aromatic rings. The Hall–Kier alpha value is -1.10. The van der Waals surface area contributed by atoms with Crippen molar-refractivity contribution in [1.29, 1.82) is 0 Å². The summed E-state index contributed by atoms with van der Waals surface area (Å²) < 4.78 is 53.0. The summed E-state index contributed by atoms with van der Waals surface area (Å²) in [6, 6.07) is -0.780. The second kappa shape index (κ2) is 4.64. The highest BCUT2D eigenvalue weighted by atomic mass is 19.2. The van der Waals surface area contributed by atoms with Crippen LogP contribution in [0, 0.1) is 29.2 Å². The van der Waals surface area contributed by atoms with Crippen molar-refractivity contribution in [1.82, 2.24) is 0 Å². The van der Waals surface area contributed by atoms with Gasteiger partial charge in [-0.2, -0.15) is 0 Å². The minimum Gasteiger partial charge on any atom is -0.324 e. The van der Waals surface area contributed by atoms with Gasteiger partial charge in [0, 0.05) is 17.7 Å². The number of halogens is 4. The topological polar surface area (TPSA) is 26.0 Å². The molecule has 5 heteroatoms. The van der Waals surface area contributed by atoms with Gasteiger partial charge in [0.15, 0.2) is 23.3 Å². The van der Waals surface area contributed by atoms with E-state index in [1.165, 1.54) is 0 Å². The highest BCUT2D eigenvalue weighted by molar-refractivity contribution is 5.26.